The van der Waals surface area contributed by atoms with Crippen molar-refractivity contribution in [2.75, 3.05) is 6.54 Å². The zero-order chi connectivity index (χ0) is 17.4. The average molecular weight is 431 g/mol. The molecule has 0 aliphatic carbocycles. The second-order valence-corrected chi connectivity index (χ2v) is 7.49. The number of hydrogen-bond acceptors (Lipinski definition) is 3. The van der Waals surface area contributed by atoms with Crippen LogP contribution in [0.15, 0.2) is 48.5 Å². The zero-order valence-electron chi connectivity index (χ0n) is 14.4. The van der Waals surface area contributed by atoms with Gasteiger partial charge in [0.2, 0.25) is 10.5 Å². The van der Waals surface area contributed by atoms with E-state index in [2.05, 4.69) is 35.8 Å². The highest BCUT2D eigenvalue weighted by Crippen LogP contribution is 2.23. The van der Waals surface area contributed by atoms with Gasteiger partial charge in [-0.2, -0.15) is 4.57 Å². The maximum Gasteiger partial charge on any atom is 0.261 e. The fourth-order valence-corrected chi connectivity index (χ4v) is 4.46. The van der Waals surface area contributed by atoms with Crippen LogP contribution in [-0.4, -0.2) is 23.3 Å². The number of rotatable bonds is 5. The molecule has 0 N–H and O–H groups in total. The van der Waals surface area contributed by atoms with Crippen molar-refractivity contribution < 1.29 is 31.1 Å². The number of carbonyl (C=O) groups excluding carboxylic acids is 2. The molecule has 0 saturated heterocycles. The first-order valence-corrected chi connectivity index (χ1v) is 9.31. The van der Waals surface area contributed by atoms with E-state index in [0.717, 1.165) is 19.4 Å². The smallest absolute Gasteiger partial charge is 0.261 e. The Hall–Kier alpha value is -2.05. The number of nitrogens with zero attached hydrogens (tertiary/aromatic N) is 2. The van der Waals surface area contributed by atoms with Crippen LogP contribution < -0.4 is 21.5 Å². The van der Waals surface area contributed by atoms with E-state index in [-0.39, 0.29) is 28.8 Å². The van der Waals surface area contributed by atoms with Crippen molar-refractivity contribution in [2.45, 2.75) is 26.3 Å². The average Bonchev–Trinajstić information content (AvgIpc) is 3.07. The van der Waals surface area contributed by atoms with Crippen LogP contribution in [0.3, 0.4) is 0 Å². The SMILES string of the molecule is Cc1sc2ccccc2[n+]1CCCCN1C(=O)c2ccccc2C1=O.[Br-]. The third kappa shape index (κ3) is 3.19. The normalized spacial score (nSPS) is 13.2. The topological polar surface area (TPSA) is 41.3 Å². The largest absolute Gasteiger partial charge is 1.00 e. The first-order chi connectivity index (χ1) is 12.2. The predicted octanol–water partition coefficient (Wildman–Crippen LogP) is 0.578. The molecule has 1 aromatic heterocycles. The molecule has 6 heteroatoms. The zero-order valence-corrected chi connectivity index (χ0v) is 16.8. The molecule has 4 rings (SSSR count). The number of amides is 2. The lowest BCUT2D eigenvalue weighted by atomic mass is 10.1. The van der Waals surface area contributed by atoms with Gasteiger partial charge in [0.1, 0.15) is 11.2 Å². The number of aryl methyl sites for hydroxylation is 2. The molecular formula is C20H19BrN2O2S. The lowest BCUT2D eigenvalue weighted by molar-refractivity contribution is -0.673. The minimum atomic E-state index is -0.162. The summed E-state index contributed by atoms with van der Waals surface area (Å²) < 4.78 is 3.61. The molecule has 2 amide bonds. The monoisotopic (exact) mass is 430 g/mol. The van der Waals surface area contributed by atoms with E-state index in [1.54, 1.807) is 35.6 Å². The summed E-state index contributed by atoms with van der Waals surface area (Å²) in [6.07, 6.45) is 1.74. The van der Waals surface area contributed by atoms with Crippen molar-refractivity contribution in [2.24, 2.45) is 0 Å². The number of benzene rings is 2. The van der Waals surface area contributed by atoms with Gasteiger partial charge in [0, 0.05) is 26.0 Å². The van der Waals surface area contributed by atoms with Crippen LogP contribution in [0.5, 0.6) is 0 Å². The Balaban J connectivity index is 0.00000196. The van der Waals surface area contributed by atoms with Gasteiger partial charge in [-0.1, -0.05) is 35.6 Å². The van der Waals surface area contributed by atoms with Crippen molar-refractivity contribution >= 4 is 33.4 Å². The standard InChI is InChI=1S/C20H19N2O2S.BrH/c1-14-21(17-10-4-5-11-18(17)25-14)12-6-7-13-22-19(23)15-8-2-3-9-16(15)20(22)24;/h2-5,8-11H,6-7,12-13H2,1H3;1H/q+1;/p-1. The Morgan fingerprint density at radius 1 is 0.923 bits per heavy atom. The number of thiazole rings is 1. The summed E-state index contributed by atoms with van der Waals surface area (Å²) in [5, 5.41) is 1.28. The summed E-state index contributed by atoms with van der Waals surface area (Å²) in [5.41, 5.74) is 2.31. The Bertz CT molecular complexity index is 948. The Labute approximate surface area is 166 Å². The van der Waals surface area contributed by atoms with E-state index in [4.69, 9.17) is 0 Å². The number of aromatic nitrogens is 1. The molecule has 1 aliphatic heterocycles. The summed E-state index contributed by atoms with van der Waals surface area (Å²) in [6.45, 7) is 3.52. The molecule has 0 saturated carbocycles. The van der Waals surface area contributed by atoms with Gasteiger partial charge in [-0.3, -0.25) is 14.5 Å². The van der Waals surface area contributed by atoms with Crippen molar-refractivity contribution in [3.63, 3.8) is 0 Å². The maximum atomic E-state index is 12.4. The van der Waals surface area contributed by atoms with Crippen LogP contribution in [0.2, 0.25) is 0 Å². The minimum Gasteiger partial charge on any atom is -1.00 e. The van der Waals surface area contributed by atoms with E-state index in [0.29, 0.717) is 17.7 Å². The molecule has 0 fully saturated rings. The van der Waals surface area contributed by atoms with E-state index < -0.39 is 0 Å². The van der Waals surface area contributed by atoms with E-state index >= 15 is 0 Å². The quantitative estimate of drug-likeness (QED) is 0.337. The minimum absolute atomic E-state index is 0. The second kappa shape index (κ2) is 7.68. The van der Waals surface area contributed by atoms with Crippen molar-refractivity contribution in [1.82, 2.24) is 4.90 Å². The van der Waals surface area contributed by atoms with Gasteiger partial charge in [-0.25, -0.2) is 0 Å². The third-order valence-electron chi connectivity index (χ3n) is 4.69. The summed E-state index contributed by atoms with van der Waals surface area (Å²) in [5.74, 6) is -0.323. The van der Waals surface area contributed by atoms with Gasteiger partial charge >= 0.3 is 0 Å². The molecule has 0 bridgehead atoms. The van der Waals surface area contributed by atoms with E-state index in [9.17, 15) is 9.59 Å². The number of hydrogen-bond donors (Lipinski definition) is 0. The third-order valence-corrected chi connectivity index (χ3v) is 5.77. The summed E-state index contributed by atoms with van der Waals surface area (Å²) in [4.78, 5) is 26.1. The first kappa shape index (κ1) is 18.7. The summed E-state index contributed by atoms with van der Waals surface area (Å²) in [6, 6.07) is 15.5. The van der Waals surface area contributed by atoms with Crippen LogP contribution in [0, 0.1) is 6.92 Å². The fourth-order valence-electron chi connectivity index (χ4n) is 3.41. The lowest BCUT2D eigenvalue weighted by Crippen LogP contribution is -3.00. The van der Waals surface area contributed by atoms with Gasteiger partial charge in [-0.15, -0.1) is 0 Å². The summed E-state index contributed by atoms with van der Waals surface area (Å²) >= 11 is 1.80. The lowest BCUT2D eigenvalue weighted by Gasteiger charge is -2.12. The number of halogens is 1. The number of fused-ring (bicyclic) bond motifs is 2. The number of para-hydroxylation sites is 1. The van der Waals surface area contributed by atoms with Gasteiger partial charge in [0.15, 0.2) is 0 Å². The molecule has 1 aliphatic rings. The Kier molecular flexibility index (Phi) is 5.53. The van der Waals surface area contributed by atoms with E-state index in [1.165, 1.54) is 20.1 Å². The fraction of sp³-hybridized carbons (Fsp3) is 0.250. The molecule has 4 nitrogen and oxygen atoms in total. The molecule has 0 unspecified atom stereocenters. The van der Waals surface area contributed by atoms with Crippen LogP contribution in [0.25, 0.3) is 10.2 Å². The molecule has 2 heterocycles. The highest BCUT2D eigenvalue weighted by Gasteiger charge is 2.34. The second-order valence-electron chi connectivity index (χ2n) is 6.26. The molecule has 3 aromatic rings. The van der Waals surface area contributed by atoms with Crippen molar-refractivity contribution in [3.05, 3.63) is 64.7 Å². The highest BCUT2D eigenvalue weighted by molar-refractivity contribution is 7.18. The Morgan fingerprint density at radius 3 is 2.23 bits per heavy atom. The molecule has 0 radical (unpaired) electrons. The van der Waals surface area contributed by atoms with Crippen LogP contribution in [0.1, 0.15) is 38.6 Å². The number of imide groups is 1. The highest BCUT2D eigenvalue weighted by atomic mass is 79.9. The first-order valence-electron chi connectivity index (χ1n) is 8.50. The molecule has 0 spiro atoms. The van der Waals surface area contributed by atoms with Gasteiger partial charge in [0.25, 0.3) is 11.8 Å². The van der Waals surface area contributed by atoms with E-state index in [1.807, 2.05) is 0 Å². The maximum absolute atomic E-state index is 12.4. The van der Waals surface area contributed by atoms with Gasteiger partial charge < -0.3 is 17.0 Å². The number of unbranched alkanes of at least 4 members (excludes halogenated alkanes) is 1. The predicted molar refractivity (Wildman–Crippen MR) is 97.8 cm³/mol. The molecule has 134 valence electrons. The Morgan fingerprint density at radius 2 is 1.54 bits per heavy atom. The van der Waals surface area contributed by atoms with Crippen molar-refractivity contribution in [1.29, 1.82) is 0 Å². The number of carbonyl (C=O) groups is 2. The van der Waals surface area contributed by atoms with Gasteiger partial charge in [0.05, 0.1) is 11.1 Å². The van der Waals surface area contributed by atoms with Crippen LogP contribution in [0.4, 0.5) is 0 Å². The summed E-state index contributed by atoms with van der Waals surface area (Å²) in [7, 11) is 0. The molecule has 0 atom stereocenters. The van der Waals surface area contributed by atoms with Gasteiger partial charge in [-0.05, 0) is 24.6 Å². The molecule has 26 heavy (non-hydrogen) atoms. The van der Waals surface area contributed by atoms with Crippen molar-refractivity contribution in [3.8, 4) is 0 Å². The van der Waals surface area contributed by atoms with Crippen LogP contribution in [-0.2, 0) is 6.54 Å². The molecule has 2 aromatic carbocycles. The molecular weight excluding hydrogens is 412 g/mol. The van der Waals surface area contributed by atoms with Crippen LogP contribution >= 0.6 is 11.3 Å².